The Labute approximate surface area is 115 Å². The zero-order valence-corrected chi connectivity index (χ0v) is 11.4. The molecule has 3 rings (SSSR count). The minimum atomic E-state index is 0.231. The molecule has 0 radical (unpaired) electrons. The van der Waals surface area contributed by atoms with E-state index in [1.165, 1.54) is 4.88 Å². The molecule has 0 aromatic carbocycles. The van der Waals surface area contributed by atoms with Crippen LogP contribution >= 0.6 is 11.3 Å². The van der Waals surface area contributed by atoms with Gasteiger partial charge in [-0.05, 0) is 17.9 Å². The molecule has 1 unspecified atom stereocenters. The molecule has 0 spiro atoms. The molecule has 0 aliphatic rings. The van der Waals surface area contributed by atoms with Crippen LogP contribution in [0.15, 0.2) is 36.1 Å². The number of thiophene rings is 1. The number of fused-ring (bicyclic) bond motifs is 1. The molecule has 3 aromatic rings. The zero-order valence-electron chi connectivity index (χ0n) is 10.6. The van der Waals surface area contributed by atoms with Crippen molar-refractivity contribution in [1.82, 2.24) is 14.4 Å². The number of anilines is 2. The van der Waals surface area contributed by atoms with Crippen molar-refractivity contribution in [2.75, 3.05) is 11.1 Å². The van der Waals surface area contributed by atoms with Crippen LogP contribution in [0.1, 0.15) is 24.3 Å². The quantitative estimate of drug-likeness (QED) is 0.767. The zero-order chi connectivity index (χ0) is 13.2. The Morgan fingerprint density at radius 3 is 3.16 bits per heavy atom. The number of nitrogens with two attached hydrogens (primary N) is 1. The number of nitrogens with zero attached hydrogens (tertiary/aromatic N) is 3. The normalized spacial score (nSPS) is 12.7. The maximum atomic E-state index is 5.82. The van der Waals surface area contributed by atoms with E-state index in [0.29, 0.717) is 5.82 Å². The molecule has 0 amide bonds. The first-order valence-electron chi connectivity index (χ1n) is 6.17. The van der Waals surface area contributed by atoms with Gasteiger partial charge in [0.05, 0.1) is 12.2 Å². The number of aromatic nitrogens is 3. The lowest BCUT2D eigenvalue weighted by Gasteiger charge is -2.16. The van der Waals surface area contributed by atoms with Gasteiger partial charge in [-0.3, -0.25) is 0 Å². The number of imidazole rings is 1. The van der Waals surface area contributed by atoms with Crippen molar-refractivity contribution >= 4 is 28.6 Å². The van der Waals surface area contributed by atoms with Crippen LogP contribution in [0.4, 0.5) is 11.6 Å². The number of rotatable bonds is 4. The number of hydrogen-bond acceptors (Lipinski definition) is 5. The molecule has 3 N–H and O–H groups in total. The van der Waals surface area contributed by atoms with Gasteiger partial charge in [0.2, 0.25) is 0 Å². The SMILES string of the molecule is CCC(Nc1nc(N)cn2ccnc12)c1cccs1. The third kappa shape index (κ3) is 2.26. The van der Waals surface area contributed by atoms with Crippen LogP contribution in [0.2, 0.25) is 0 Å². The smallest absolute Gasteiger partial charge is 0.180 e. The minimum absolute atomic E-state index is 0.231. The van der Waals surface area contributed by atoms with Gasteiger partial charge in [0.25, 0.3) is 0 Å². The van der Waals surface area contributed by atoms with Crippen molar-refractivity contribution < 1.29 is 0 Å². The molecular weight excluding hydrogens is 258 g/mol. The number of nitrogens with one attached hydrogen (secondary N) is 1. The van der Waals surface area contributed by atoms with Crippen molar-refractivity contribution in [1.29, 1.82) is 0 Å². The minimum Gasteiger partial charge on any atom is -0.382 e. The summed E-state index contributed by atoms with van der Waals surface area (Å²) in [6.45, 7) is 2.15. The topological polar surface area (TPSA) is 68.2 Å². The summed E-state index contributed by atoms with van der Waals surface area (Å²) in [5.41, 5.74) is 6.62. The van der Waals surface area contributed by atoms with Gasteiger partial charge in [-0.1, -0.05) is 13.0 Å². The van der Waals surface area contributed by atoms with Crippen molar-refractivity contribution in [3.8, 4) is 0 Å². The first-order chi connectivity index (χ1) is 9.28. The summed E-state index contributed by atoms with van der Waals surface area (Å²) < 4.78 is 1.88. The predicted octanol–water partition coefficient (Wildman–Crippen LogP) is 2.94. The summed E-state index contributed by atoms with van der Waals surface area (Å²) in [6.07, 6.45) is 6.35. The van der Waals surface area contributed by atoms with E-state index < -0.39 is 0 Å². The average molecular weight is 273 g/mol. The molecule has 0 fully saturated rings. The van der Waals surface area contributed by atoms with Crippen molar-refractivity contribution in [3.63, 3.8) is 0 Å². The maximum Gasteiger partial charge on any atom is 0.180 e. The van der Waals surface area contributed by atoms with E-state index in [4.69, 9.17) is 5.73 Å². The fourth-order valence-electron chi connectivity index (χ4n) is 2.08. The van der Waals surface area contributed by atoms with Crippen molar-refractivity contribution in [2.24, 2.45) is 0 Å². The van der Waals surface area contributed by atoms with Gasteiger partial charge < -0.3 is 15.5 Å². The van der Waals surface area contributed by atoms with Crippen molar-refractivity contribution in [3.05, 3.63) is 41.0 Å². The maximum absolute atomic E-state index is 5.82. The van der Waals surface area contributed by atoms with E-state index in [-0.39, 0.29) is 6.04 Å². The molecule has 0 aliphatic carbocycles. The van der Waals surface area contributed by atoms with E-state index >= 15 is 0 Å². The van der Waals surface area contributed by atoms with E-state index in [1.807, 2.05) is 10.6 Å². The summed E-state index contributed by atoms with van der Waals surface area (Å²) in [5.74, 6) is 1.21. The Morgan fingerprint density at radius 1 is 1.53 bits per heavy atom. The highest BCUT2D eigenvalue weighted by Crippen LogP contribution is 2.27. The van der Waals surface area contributed by atoms with Crippen LogP contribution in [0, 0.1) is 0 Å². The van der Waals surface area contributed by atoms with Crippen LogP contribution in [0.5, 0.6) is 0 Å². The largest absolute Gasteiger partial charge is 0.382 e. The molecule has 98 valence electrons. The Morgan fingerprint density at radius 2 is 2.42 bits per heavy atom. The van der Waals surface area contributed by atoms with Crippen LogP contribution in [-0.4, -0.2) is 14.4 Å². The highest BCUT2D eigenvalue weighted by atomic mass is 32.1. The molecule has 1 atom stereocenters. The van der Waals surface area contributed by atoms with E-state index in [9.17, 15) is 0 Å². The van der Waals surface area contributed by atoms with E-state index in [1.54, 1.807) is 23.7 Å². The lowest BCUT2D eigenvalue weighted by atomic mass is 10.2. The monoisotopic (exact) mass is 273 g/mol. The van der Waals surface area contributed by atoms with Crippen LogP contribution in [0.25, 0.3) is 5.65 Å². The van der Waals surface area contributed by atoms with E-state index in [2.05, 4.69) is 39.7 Å². The first-order valence-corrected chi connectivity index (χ1v) is 7.05. The van der Waals surface area contributed by atoms with Gasteiger partial charge >= 0.3 is 0 Å². The third-order valence-corrected chi connectivity index (χ3v) is 3.98. The second-order valence-corrected chi connectivity index (χ2v) is 5.27. The second kappa shape index (κ2) is 4.89. The Hall–Kier alpha value is -2.08. The average Bonchev–Trinajstić information content (AvgIpc) is 3.05. The fourth-order valence-corrected chi connectivity index (χ4v) is 2.94. The van der Waals surface area contributed by atoms with Gasteiger partial charge in [0.1, 0.15) is 5.82 Å². The van der Waals surface area contributed by atoms with Gasteiger partial charge in [-0.15, -0.1) is 11.3 Å². The highest BCUT2D eigenvalue weighted by Gasteiger charge is 2.14. The Bertz CT molecular complexity index is 673. The number of nitrogen functional groups attached to an aromatic ring is 1. The Kier molecular flexibility index (Phi) is 3.08. The van der Waals surface area contributed by atoms with Crippen LogP contribution < -0.4 is 11.1 Å². The summed E-state index contributed by atoms with van der Waals surface area (Å²) in [4.78, 5) is 9.96. The molecule has 0 saturated heterocycles. The van der Waals surface area contributed by atoms with Crippen LogP contribution in [-0.2, 0) is 0 Å². The summed E-state index contributed by atoms with van der Waals surface area (Å²) in [6, 6.07) is 4.41. The third-order valence-electron chi connectivity index (χ3n) is 3.00. The lowest BCUT2D eigenvalue weighted by molar-refractivity contribution is 0.759. The molecular formula is C13H15N5S. The van der Waals surface area contributed by atoms with Crippen LogP contribution in [0.3, 0.4) is 0 Å². The molecule has 0 bridgehead atoms. The molecule has 19 heavy (non-hydrogen) atoms. The van der Waals surface area contributed by atoms with Gasteiger partial charge in [0.15, 0.2) is 11.5 Å². The molecule has 5 nitrogen and oxygen atoms in total. The van der Waals surface area contributed by atoms with Gasteiger partial charge in [-0.25, -0.2) is 9.97 Å². The molecule has 3 aromatic heterocycles. The molecule has 3 heterocycles. The molecule has 0 saturated carbocycles. The Balaban J connectivity index is 1.98. The first kappa shape index (κ1) is 12.0. The highest BCUT2D eigenvalue weighted by molar-refractivity contribution is 7.10. The van der Waals surface area contributed by atoms with Gasteiger partial charge in [-0.2, -0.15) is 0 Å². The summed E-state index contributed by atoms with van der Waals surface area (Å²) in [7, 11) is 0. The summed E-state index contributed by atoms with van der Waals surface area (Å²) in [5, 5.41) is 5.52. The second-order valence-electron chi connectivity index (χ2n) is 4.29. The van der Waals surface area contributed by atoms with E-state index in [0.717, 1.165) is 17.9 Å². The summed E-state index contributed by atoms with van der Waals surface area (Å²) >= 11 is 1.74. The molecule has 6 heteroatoms. The van der Waals surface area contributed by atoms with Crippen molar-refractivity contribution in [2.45, 2.75) is 19.4 Å². The lowest BCUT2D eigenvalue weighted by Crippen LogP contribution is -2.11. The standard InChI is InChI=1S/C13H15N5S/c1-2-9(10-4-3-7-19-10)16-12-13-15-5-6-18(13)8-11(14)17-12/h3-9H,2,14H2,1H3,(H,16,17). The molecule has 0 aliphatic heterocycles. The van der Waals surface area contributed by atoms with Gasteiger partial charge in [0, 0.05) is 17.3 Å². The fraction of sp³-hybridized carbons (Fsp3) is 0.231. The predicted molar refractivity (Wildman–Crippen MR) is 78.4 cm³/mol. The number of hydrogen-bond donors (Lipinski definition) is 2.